The lowest BCUT2D eigenvalue weighted by molar-refractivity contribution is 0.385. The fourth-order valence-electron chi connectivity index (χ4n) is 3.51. The van der Waals surface area contributed by atoms with Gasteiger partial charge in [0.1, 0.15) is 5.82 Å². The van der Waals surface area contributed by atoms with E-state index >= 15 is 0 Å². The molecule has 4 aromatic rings. The van der Waals surface area contributed by atoms with Crippen LogP contribution in [0, 0.1) is 13.8 Å². The molecule has 33 heavy (non-hydrogen) atoms. The summed E-state index contributed by atoms with van der Waals surface area (Å²) in [6, 6.07) is 10.5. The first-order chi connectivity index (χ1) is 15.7. The summed E-state index contributed by atoms with van der Waals surface area (Å²) >= 11 is 5.97. The zero-order valence-corrected chi connectivity index (χ0v) is 20.0. The molecular formula is C23H22ClN5O3S. The number of pyridine rings is 3. The molecule has 2 N–H and O–H groups in total. The van der Waals surface area contributed by atoms with Gasteiger partial charge in [0, 0.05) is 47.8 Å². The summed E-state index contributed by atoms with van der Waals surface area (Å²) < 4.78 is 33.8. The first-order valence-corrected chi connectivity index (χ1v) is 11.9. The minimum Gasteiger partial charge on any atom is -0.480 e. The molecule has 0 saturated carbocycles. The Morgan fingerprint density at radius 2 is 1.79 bits per heavy atom. The first-order valence-electron chi connectivity index (χ1n) is 10.0. The van der Waals surface area contributed by atoms with Crippen molar-refractivity contribution in [1.82, 2.24) is 15.0 Å². The Balaban J connectivity index is 1.76. The average Bonchev–Trinajstić information content (AvgIpc) is 2.79. The first kappa shape index (κ1) is 22.8. The molecule has 0 amide bonds. The molecule has 0 spiro atoms. The second-order valence-corrected chi connectivity index (χ2v) is 9.52. The van der Waals surface area contributed by atoms with Crippen LogP contribution in [0.3, 0.4) is 0 Å². The second-order valence-electron chi connectivity index (χ2n) is 7.43. The Labute approximate surface area is 197 Å². The molecule has 0 atom stereocenters. The maximum absolute atomic E-state index is 13.1. The number of hydrogen-bond acceptors (Lipinski definition) is 7. The van der Waals surface area contributed by atoms with Gasteiger partial charge in [-0.1, -0.05) is 17.7 Å². The number of anilines is 2. The molecule has 170 valence electrons. The topological polar surface area (TPSA) is 106 Å². The van der Waals surface area contributed by atoms with E-state index in [4.69, 9.17) is 21.3 Å². The zero-order chi connectivity index (χ0) is 23.8. The maximum Gasteiger partial charge on any atom is 0.267 e. The van der Waals surface area contributed by atoms with Gasteiger partial charge in [0.25, 0.3) is 10.0 Å². The van der Waals surface area contributed by atoms with Gasteiger partial charge in [0.2, 0.25) is 5.88 Å². The highest BCUT2D eigenvalue weighted by Gasteiger charge is 2.22. The van der Waals surface area contributed by atoms with Crippen molar-refractivity contribution in [2.24, 2.45) is 0 Å². The largest absolute Gasteiger partial charge is 0.480 e. The molecule has 3 heterocycles. The van der Waals surface area contributed by atoms with Crippen LogP contribution in [0.2, 0.25) is 5.02 Å². The van der Waals surface area contributed by atoms with Crippen molar-refractivity contribution in [2.45, 2.75) is 18.7 Å². The average molecular weight is 484 g/mol. The van der Waals surface area contributed by atoms with E-state index in [1.807, 2.05) is 32.0 Å². The molecule has 0 aliphatic carbocycles. The molecule has 0 unspecified atom stereocenters. The monoisotopic (exact) mass is 483 g/mol. The molecule has 0 radical (unpaired) electrons. The number of nitrogens with one attached hydrogen (secondary N) is 2. The van der Waals surface area contributed by atoms with Crippen LogP contribution in [-0.4, -0.2) is 37.5 Å². The number of sulfonamides is 1. The highest BCUT2D eigenvalue weighted by Crippen LogP contribution is 2.33. The van der Waals surface area contributed by atoms with E-state index < -0.39 is 10.0 Å². The summed E-state index contributed by atoms with van der Waals surface area (Å²) in [5.74, 6) is 0.697. The zero-order valence-electron chi connectivity index (χ0n) is 18.5. The highest BCUT2D eigenvalue weighted by molar-refractivity contribution is 7.92. The van der Waals surface area contributed by atoms with E-state index in [1.54, 1.807) is 25.4 Å². The van der Waals surface area contributed by atoms with Crippen molar-refractivity contribution in [2.75, 3.05) is 24.2 Å². The second kappa shape index (κ2) is 8.84. The van der Waals surface area contributed by atoms with Gasteiger partial charge in [-0.3, -0.25) is 9.71 Å². The lowest BCUT2D eigenvalue weighted by Gasteiger charge is -2.15. The Morgan fingerprint density at radius 3 is 2.52 bits per heavy atom. The van der Waals surface area contributed by atoms with Gasteiger partial charge in [-0.05, 0) is 49.2 Å². The van der Waals surface area contributed by atoms with Crippen LogP contribution >= 0.6 is 11.6 Å². The molecule has 0 aliphatic rings. The predicted octanol–water partition coefficient (Wildman–Crippen LogP) is 4.81. The molecule has 0 saturated heterocycles. The van der Waals surface area contributed by atoms with Gasteiger partial charge in [-0.25, -0.2) is 18.4 Å². The highest BCUT2D eigenvalue weighted by atomic mass is 35.5. The standard InChI is InChI=1S/C23H22ClN5O3S/c1-13-5-6-17(29-33(30,31)21-8-16(24)12-27-23(21)32-4)9-18(13)19-7-15-11-26-22(25-3)10-20(15)28-14(19)2/h5-12,29H,1-4H3,(H,25,26). The fourth-order valence-corrected chi connectivity index (χ4v) is 4.93. The Bertz CT molecular complexity index is 1470. The molecule has 4 rings (SSSR count). The van der Waals surface area contributed by atoms with Gasteiger partial charge < -0.3 is 10.1 Å². The number of halogens is 1. The third-order valence-corrected chi connectivity index (χ3v) is 6.78. The van der Waals surface area contributed by atoms with Crippen molar-refractivity contribution < 1.29 is 13.2 Å². The SMILES string of the molecule is CNc1cc2nc(C)c(-c3cc(NS(=O)(=O)c4cc(Cl)cnc4OC)ccc3C)cc2cn1. The van der Waals surface area contributed by atoms with E-state index in [1.165, 1.54) is 19.4 Å². The van der Waals surface area contributed by atoms with Crippen molar-refractivity contribution in [3.63, 3.8) is 0 Å². The van der Waals surface area contributed by atoms with E-state index in [9.17, 15) is 8.42 Å². The van der Waals surface area contributed by atoms with E-state index in [2.05, 4.69) is 20.0 Å². The molecule has 0 fully saturated rings. The van der Waals surface area contributed by atoms with Crippen LogP contribution in [-0.2, 0) is 10.0 Å². The quantitative estimate of drug-likeness (QED) is 0.405. The summed E-state index contributed by atoms with van der Waals surface area (Å²) in [4.78, 5) is 12.9. The third kappa shape index (κ3) is 4.55. The van der Waals surface area contributed by atoms with Crippen LogP contribution < -0.4 is 14.8 Å². The molecule has 0 aliphatic heterocycles. The van der Waals surface area contributed by atoms with Crippen molar-refractivity contribution in [3.05, 3.63) is 65.1 Å². The van der Waals surface area contributed by atoms with Crippen molar-refractivity contribution in [3.8, 4) is 17.0 Å². The summed E-state index contributed by atoms with van der Waals surface area (Å²) in [6.45, 7) is 3.89. The number of methoxy groups -OCH3 is 1. The Kier molecular flexibility index (Phi) is 6.09. The number of benzene rings is 1. The lowest BCUT2D eigenvalue weighted by Crippen LogP contribution is -2.15. The summed E-state index contributed by atoms with van der Waals surface area (Å²) in [5.41, 5.74) is 4.76. The van der Waals surface area contributed by atoms with E-state index in [-0.39, 0.29) is 15.8 Å². The summed E-state index contributed by atoms with van der Waals surface area (Å²) in [7, 11) is -0.841. The maximum atomic E-state index is 13.1. The van der Waals surface area contributed by atoms with E-state index in [0.717, 1.165) is 39.1 Å². The van der Waals surface area contributed by atoms with Crippen LogP contribution in [0.25, 0.3) is 22.0 Å². The number of ether oxygens (including phenoxy) is 1. The number of rotatable bonds is 6. The predicted molar refractivity (Wildman–Crippen MR) is 131 cm³/mol. The third-order valence-electron chi connectivity index (χ3n) is 5.19. The summed E-state index contributed by atoms with van der Waals surface area (Å²) in [6.07, 6.45) is 3.09. The fraction of sp³-hybridized carbons (Fsp3) is 0.174. The molecule has 8 nitrogen and oxygen atoms in total. The minimum absolute atomic E-state index is 0.0396. The number of aromatic nitrogens is 3. The van der Waals surface area contributed by atoms with Gasteiger partial charge in [0.15, 0.2) is 4.90 Å². The van der Waals surface area contributed by atoms with Gasteiger partial charge in [-0.2, -0.15) is 0 Å². The van der Waals surface area contributed by atoms with Crippen LogP contribution in [0.5, 0.6) is 5.88 Å². The molecular weight excluding hydrogens is 462 g/mol. The summed E-state index contributed by atoms with van der Waals surface area (Å²) in [5, 5.41) is 4.08. The Hall–Kier alpha value is -3.43. The van der Waals surface area contributed by atoms with Gasteiger partial charge in [-0.15, -0.1) is 0 Å². The lowest BCUT2D eigenvalue weighted by atomic mass is 9.97. The minimum atomic E-state index is -4.00. The number of fused-ring (bicyclic) bond motifs is 1. The van der Waals surface area contributed by atoms with E-state index in [0.29, 0.717) is 5.69 Å². The normalized spacial score (nSPS) is 11.4. The number of aryl methyl sites for hydroxylation is 2. The molecule has 3 aromatic heterocycles. The molecule has 1 aromatic carbocycles. The van der Waals surface area contributed by atoms with Crippen LogP contribution in [0.1, 0.15) is 11.3 Å². The van der Waals surface area contributed by atoms with Gasteiger partial charge in [0.05, 0.1) is 17.6 Å². The van der Waals surface area contributed by atoms with Crippen molar-refractivity contribution in [1.29, 1.82) is 0 Å². The van der Waals surface area contributed by atoms with Crippen LogP contribution in [0.4, 0.5) is 11.5 Å². The number of hydrogen-bond donors (Lipinski definition) is 2. The van der Waals surface area contributed by atoms with Crippen LogP contribution in [0.15, 0.2) is 53.7 Å². The Morgan fingerprint density at radius 1 is 1.00 bits per heavy atom. The molecule has 0 bridgehead atoms. The smallest absolute Gasteiger partial charge is 0.267 e. The number of nitrogens with zero attached hydrogens (tertiary/aromatic N) is 3. The van der Waals surface area contributed by atoms with Crippen molar-refractivity contribution >= 4 is 44.0 Å². The molecule has 10 heteroatoms. The van der Waals surface area contributed by atoms with Gasteiger partial charge >= 0.3 is 0 Å².